The van der Waals surface area contributed by atoms with E-state index in [-0.39, 0.29) is 11.7 Å². The molecular weight excluding hydrogens is 345 g/mol. The Hall–Kier alpha value is -2.53. The first-order valence-corrected chi connectivity index (χ1v) is 8.29. The van der Waals surface area contributed by atoms with Gasteiger partial charge in [-0.2, -0.15) is 0 Å². The van der Waals surface area contributed by atoms with Gasteiger partial charge in [-0.1, -0.05) is 23.7 Å². The van der Waals surface area contributed by atoms with E-state index < -0.39 is 0 Å². The summed E-state index contributed by atoms with van der Waals surface area (Å²) in [5.74, 6) is 0.594. The van der Waals surface area contributed by atoms with Crippen molar-refractivity contribution in [3.8, 4) is 11.5 Å². The van der Waals surface area contributed by atoms with Crippen molar-refractivity contribution in [2.24, 2.45) is 0 Å². The smallest absolute Gasteiger partial charge is 0.244 e. The zero-order valence-electron chi connectivity index (χ0n) is 13.4. The Morgan fingerprint density at radius 2 is 2.08 bits per heavy atom. The molecule has 2 aromatic rings. The number of hydrogen-bond acceptors (Lipinski definition) is 3. The van der Waals surface area contributed by atoms with Crippen molar-refractivity contribution in [3.05, 3.63) is 64.4 Å². The highest BCUT2D eigenvalue weighted by molar-refractivity contribution is 6.32. The molecule has 0 bridgehead atoms. The lowest BCUT2D eigenvalue weighted by atomic mass is 10.1. The highest BCUT2D eigenvalue weighted by Gasteiger charge is 2.15. The van der Waals surface area contributed by atoms with Crippen LogP contribution in [0.5, 0.6) is 11.5 Å². The molecule has 1 aliphatic rings. The predicted molar refractivity (Wildman–Crippen MR) is 94.6 cm³/mol. The van der Waals surface area contributed by atoms with Crippen LogP contribution in [0.1, 0.15) is 11.1 Å². The van der Waals surface area contributed by atoms with Crippen molar-refractivity contribution >= 4 is 23.6 Å². The van der Waals surface area contributed by atoms with Crippen LogP contribution in [-0.2, 0) is 11.2 Å². The summed E-state index contributed by atoms with van der Waals surface area (Å²) < 4.78 is 24.0. The van der Waals surface area contributed by atoms with Gasteiger partial charge >= 0.3 is 0 Å². The van der Waals surface area contributed by atoms with E-state index in [1.807, 2.05) is 6.07 Å². The van der Waals surface area contributed by atoms with Crippen LogP contribution in [0.15, 0.2) is 42.5 Å². The van der Waals surface area contributed by atoms with Crippen LogP contribution < -0.4 is 14.8 Å². The SMILES string of the molecule is O=C(/C=C/c1cc(Cl)c2c(c1)OCCO2)NCCc1cccc(F)c1. The molecule has 25 heavy (non-hydrogen) atoms. The Kier molecular flexibility index (Phi) is 5.56. The molecule has 0 unspecified atom stereocenters. The van der Waals surface area contributed by atoms with E-state index in [1.165, 1.54) is 18.2 Å². The second-order valence-electron chi connectivity index (χ2n) is 5.53. The van der Waals surface area contributed by atoms with Crippen molar-refractivity contribution in [2.45, 2.75) is 6.42 Å². The van der Waals surface area contributed by atoms with Gasteiger partial charge < -0.3 is 14.8 Å². The second kappa shape index (κ2) is 8.03. The summed E-state index contributed by atoms with van der Waals surface area (Å²) in [6.45, 7) is 1.36. The van der Waals surface area contributed by atoms with Gasteiger partial charge in [0.25, 0.3) is 0 Å². The molecule has 0 spiro atoms. The molecule has 4 nitrogen and oxygen atoms in total. The minimum Gasteiger partial charge on any atom is -0.486 e. The number of fused-ring (bicyclic) bond motifs is 1. The van der Waals surface area contributed by atoms with Crippen LogP contribution in [0, 0.1) is 5.82 Å². The summed E-state index contributed by atoms with van der Waals surface area (Å²) in [7, 11) is 0. The van der Waals surface area contributed by atoms with E-state index in [2.05, 4.69) is 5.32 Å². The second-order valence-corrected chi connectivity index (χ2v) is 5.94. The van der Waals surface area contributed by atoms with Crippen LogP contribution >= 0.6 is 11.6 Å². The molecule has 0 atom stereocenters. The molecule has 130 valence electrons. The van der Waals surface area contributed by atoms with Gasteiger partial charge in [-0.15, -0.1) is 0 Å². The fraction of sp³-hybridized carbons (Fsp3) is 0.211. The van der Waals surface area contributed by atoms with Gasteiger partial charge in [-0.3, -0.25) is 4.79 Å². The molecule has 0 radical (unpaired) electrons. The number of carbonyl (C=O) groups is 1. The first kappa shape index (κ1) is 17.3. The summed E-state index contributed by atoms with van der Waals surface area (Å²) in [4.78, 5) is 11.9. The number of carbonyl (C=O) groups excluding carboxylic acids is 1. The van der Waals surface area contributed by atoms with Crippen molar-refractivity contribution < 1.29 is 18.7 Å². The molecule has 0 aromatic heterocycles. The van der Waals surface area contributed by atoms with E-state index >= 15 is 0 Å². The van der Waals surface area contributed by atoms with E-state index in [9.17, 15) is 9.18 Å². The Bertz CT molecular complexity index is 807. The maximum atomic E-state index is 13.1. The average molecular weight is 362 g/mol. The number of halogens is 2. The van der Waals surface area contributed by atoms with E-state index in [4.69, 9.17) is 21.1 Å². The van der Waals surface area contributed by atoms with E-state index in [0.29, 0.717) is 42.7 Å². The molecule has 0 aliphatic carbocycles. The molecule has 0 saturated heterocycles. The third-order valence-electron chi connectivity index (χ3n) is 3.65. The molecule has 3 rings (SSSR count). The summed E-state index contributed by atoms with van der Waals surface area (Å²) in [6.07, 6.45) is 3.64. The van der Waals surface area contributed by atoms with Crippen molar-refractivity contribution in [1.29, 1.82) is 0 Å². The standard InChI is InChI=1S/C19H17ClFNO3/c20-16-11-14(12-17-19(16)25-9-8-24-17)4-5-18(23)22-7-6-13-2-1-3-15(21)10-13/h1-5,10-12H,6-9H2,(H,22,23)/b5-4+. The molecular formula is C19H17ClFNO3. The summed E-state index contributed by atoms with van der Waals surface area (Å²) in [5.41, 5.74) is 1.58. The Labute approximate surface area is 150 Å². The number of hydrogen-bond donors (Lipinski definition) is 1. The highest BCUT2D eigenvalue weighted by Crippen LogP contribution is 2.38. The zero-order valence-corrected chi connectivity index (χ0v) is 14.2. The van der Waals surface area contributed by atoms with Gasteiger partial charge in [0.1, 0.15) is 19.0 Å². The van der Waals surface area contributed by atoms with Crippen LogP contribution in [0.4, 0.5) is 4.39 Å². The van der Waals surface area contributed by atoms with Crippen LogP contribution in [-0.4, -0.2) is 25.7 Å². The fourth-order valence-corrected chi connectivity index (χ4v) is 2.75. The number of benzene rings is 2. The summed E-state index contributed by atoms with van der Waals surface area (Å²) >= 11 is 6.16. The van der Waals surface area contributed by atoms with Gasteiger partial charge in [-0.05, 0) is 47.9 Å². The van der Waals surface area contributed by atoms with Crippen LogP contribution in [0.3, 0.4) is 0 Å². The molecule has 1 heterocycles. The first-order chi connectivity index (χ1) is 12.1. The molecule has 1 aliphatic heterocycles. The van der Waals surface area contributed by atoms with Gasteiger partial charge in [-0.25, -0.2) is 4.39 Å². The van der Waals surface area contributed by atoms with Gasteiger partial charge in [0.05, 0.1) is 5.02 Å². The van der Waals surface area contributed by atoms with E-state index in [0.717, 1.165) is 11.1 Å². The molecule has 1 N–H and O–H groups in total. The quantitative estimate of drug-likeness (QED) is 0.827. The lowest BCUT2D eigenvalue weighted by Gasteiger charge is -2.19. The first-order valence-electron chi connectivity index (χ1n) is 7.91. The number of nitrogens with one attached hydrogen (secondary N) is 1. The maximum absolute atomic E-state index is 13.1. The molecule has 1 amide bonds. The summed E-state index contributed by atoms with van der Waals surface area (Å²) in [5, 5.41) is 3.21. The van der Waals surface area contributed by atoms with Crippen molar-refractivity contribution in [1.82, 2.24) is 5.32 Å². The molecule has 0 saturated carbocycles. The van der Waals surface area contributed by atoms with E-state index in [1.54, 1.807) is 24.3 Å². The summed E-state index contributed by atoms with van der Waals surface area (Å²) in [6, 6.07) is 9.81. The predicted octanol–water partition coefficient (Wildman–Crippen LogP) is 3.62. The lowest BCUT2D eigenvalue weighted by molar-refractivity contribution is -0.116. The molecule has 0 fully saturated rings. The van der Waals surface area contributed by atoms with Crippen molar-refractivity contribution in [3.63, 3.8) is 0 Å². The molecule has 6 heteroatoms. The monoisotopic (exact) mass is 361 g/mol. The normalized spacial score (nSPS) is 13.0. The minimum absolute atomic E-state index is 0.234. The molecule has 2 aromatic carbocycles. The third kappa shape index (κ3) is 4.73. The van der Waals surface area contributed by atoms with Gasteiger partial charge in [0.2, 0.25) is 5.91 Å². The Morgan fingerprint density at radius 1 is 1.24 bits per heavy atom. The van der Waals surface area contributed by atoms with Gasteiger partial charge in [0, 0.05) is 12.6 Å². The third-order valence-corrected chi connectivity index (χ3v) is 3.93. The topological polar surface area (TPSA) is 47.6 Å². The number of amides is 1. The zero-order chi connectivity index (χ0) is 17.6. The van der Waals surface area contributed by atoms with Crippen molar-refractivity contribution in [2.75, 3.05) is 19.8 Å². The minimum atomic E-state index is -0.279. The Balaban J connectivity index is 1.55. The fourth-order valence-electron chi connectivity index (χ4n) is 2.48. The van der Waals surface area contributed by atoms with Crippen LogP contribution in [0.25, 0.3) is 6.08 Å². The largest absolute Gasteiger partial charge is 0.486 e. The van der Waals surface area contributed by atoms with Crippen LogP contribution in [0.2, 0.25) is 5.02 Å². The number of ether oxygens (including phenoxy) is 2. The van der Waals surface area contributed by atoms with Gasteiger partial charge in [0.15, 0.2) is 11.5 Å². The Morgan fingerprint density at radius 3 is 2.92 bits per heavy atom. The highest BCUT2D eigenvalue weighted by atomic mass is 35.5. The lowest BCUT2D eigenvalue weighted by Crippen LogP contribution is -2.23. The maximum Gasteiger partial charge on any atom is 0.244 e. The number of rotatable bonds is 5. The average Bonchev–Trinajstić information content (AvgIpc) is 2.60.